The van der Waals surface area contributed by atoms with E-state index in [1.165, 1.54) is 12.2 Å². The predicted octanol–water partition coefficient (Wildman–Crippen LogP) is 3.37. The zero-order valence-electron chi connectivity index (χ0n) is 13.9. The van der Waals surface area contributed by atoms with Crippen LogP contribution in [0.4, 0.5) is 0 Å². The van der Waals surface area contributed by atoms with Crippen LogP contribution < -0.4 is 0 Å². The smallest absolute Gasteiger partial charge is 0.196 e. The minimum atomic E-state index is -4.26. The SMILES string of the molecule is C=CC1(S(=O)(=O)OOS(=O)(=O)C2(C=C)CCCCC2)CCCCC1. The molecule has 0 aromatic carbocycles. The average molecular weight is 379 g/mol. The third-order valence-electron chi connectivity index (χ3n) is 5.35. The third-order valence-corrected chi connectivity index (χ3v) is 9.07. The Morgan fingerprint density at radius 2 is 0.917 bits per heavy atom. The lowest BCUT2D eigenvalue weighted by atomic mass is 9.88. The molecule has 0 bridgehead atoms. The monoisotopic (exact) mass is 378 g/mol. The minimum Gasteiger partial charge on any atom is -0.196 e. The van der Waals surface area contributed by atoms with Crippen molar-refractivity contribution in [1.29, 1.82) is 0 Å². The molecule has 2 aliphatic carbocycles. The van der Waals surface area contributed by atoms with E-state index in [9.17, 15) is 16.8 Å². The van der Waals surface area contributed by atoms with Gasteiger partial charge >= 0.3 is 20.2 Å². The number of rotatable bonds is 7. The first-order valence-corrected chi connectivity index (χ1v) is 11.2. The Morgan fingerprint density at radius 1 is 0.625 bits per heavy atom. The molecule has 138 valence electrons. The van der Waals surface area contributed by atoms with Crippen molar-refractivity contribution in [2.45, 2.75) is 73.7 Å². The molecule has 0 atom stereocenters. The molecule has 0 spiro atoms. The normalized spacial score (nSPS) is 24.2. The summed E-state index contributed by atoms with van der Waals surface area (Å²) in [5.74, 6) is 0. The first kappa shape index (κ1) is 19.6. The van der Waals surface area contributed by atoms with E-state index < -0.39 is 29.7 Å². The Hall–Kier alpha value is -0.700. The summed E-state index contributed by atoms with van der Waals surface area (Å²) in [5.41, 5.74) is 0. The lowest BCUT2D eigenvalue weighted by molar-refractivity contribution is -0.0912. The second-order valence-electron chi connectivity index (χ2n) is 6.70. The molecule has 0 aromatic heterocycles. The van der Waals surface area contributed by atoms with Crippen LogP contribution in [0.15, 0.2) is 25.3 Å². The molecule has 0 aromatic rings. The standard InChI is InChI=1S/C16H26O6S2/c1-3-15(11-7-5-8-12-15)23(17,18)21-22-24(19,20)16(4-2)13-9-6-10-14-16/h3-4H,1-2,5-14H2. The molecule has 24 heavy (non-hydrogen) atoms. The second kappa shape index (κ2) is 7.27. The van der Waals surface area contributed by atoms with Crippen molar-refractivity contribution in [3.63, 3.8) is 0 Å². The summed E-state index contributed by atoms with van der Waals surface area (Å²) in [6.07, 6.45) is 8.84. The highest BCUT2D eigenvalue weighted by Gasteiger charge is 2.48. The van der Waals surface area contributed by atoms with E-state index in [2.05, 4.69) is 21.8 Å². The van der Waals surface area contributed by atoms with Gasteiger partial charge < -0.3 is 0 Å². The molecule has 8 heteroatoms. The number of hydrogen-bond donors (Lipinski definition) is 0. The molecule has 2 saturated carbocycles. The van der Waals surface area contributed by atoms with Crippen molar-refractivity contribution < 1.29 is 25.5 Å². The van der Waals surface area contributed by atoms with Crippen LogP contribution in [-0.2, 0) is 28.9 Å². The van der Waals surface area contributed by atoms with Gasteiger partial charge in [0.15, 0.2) is 0 Å². The van der Waals surface area contributed by atoms with Gasteiger partial charge in [0.2, 0.25) is 0 Å². The Kier molecular flexibility index (Phi) is 5.95. The van der Waals surface area contributed by atoms with Crippen molar-refractivity contribution in [2.75, 3.05) is 0 Å². The molecule has 0 radical (unpaired) electrons. The van der Waals surface area contributed by atoms with E-state index in [0.717, 1.165) is 38.5 Å². The predicted molar refractivity (Wildman–Crippen MR) is 92.0 cm³/mol. The maximum atomic E-state index is 12.6. The highest BCUT2D eigenvalue weighted by molar-refractivity contribution is 7.90. The molecule has 0 unspecified atom stereocenters. The summed E-state index contributed by atoms with van der Waals surface area (Å²) in [6.45, 7) is 7.21. The van der Waals surface area contributed by atoms with Crippen LogP contribution >= 0.6 is 0 Å². The molecule has 6 nitrogen and oxygen atoms in total. The largest absolute Gasteiger partial charge is 0.303 e. The summed E-state index contributed by atoms with van der Waals surface area (Å²) in [5, 5.41) is 0. The fourth-order valence-corrected chi connectivity index (χ4v) is 6.46. The Morgan fingerprint density at radius 3 is 1.17 bits per heavy atom. The molecular weight excluding hydrogens is 352 g/mol. The van der Waals surface area contributed by atoms with Crippen LogP contribution in [-0.4, -0.2) is 26.3 Å². The lowest BCUT2D eigenvalue weighted by Crippen LogP contribution is -2.43. The van der Waals surface area contributed by atoms with Gasteiger partial charge in [-0.1, -0.05) is 59.3 Å². The first-order valence-electron chi connectivity index (χ1n) is 8.38. The van der Waals surface area contributed by atoms with Crippen LogP contribution in [0, 0.1) is 0 Å². The van der Waals surface area contributed by atoms with Crippen molar-refractivity contribution in [2.24, 2.45) is 0 Å². The summed E-state index contributed by atoms with van der Waals surface area (Å²) in [7, 11) is -8.51. The fraction of sp³-hybridized carbons (Fsp3) is 0.750. The molecule has 0 amide bonds. The van der Waals surface area contributed by atoms with Gasteiger partial charge in [-0.2, -0.15) is 16.8 Å². The minimum absolute atomic E-state index is 0.356. The van der Waals surface area contributed by atoms with Crippen LogP contribution in [0.3, 0.4) is 0 Å². The van der Waals surface area contributed by atoms with Gasteiger partial charge in [-0.05, 0) is 25.7 Å². The van der Waals surface area contributed by atoms with Gasteiger partial charge in [0.05, 0.1) is 0 Å². The van der Waals surface area contributed by atoms with Gasteiger partial charge in [-0.3, -0.25) is 0 Å². The van der Waals surface area contributed by atoms with Crippen LogP contribution in [0.25, 0.3) is 0 Å². The summed E-state index contributed by atoms with van der Waals surface area (Å²) >= 11 is 0. The van der Waals surface area contributed by atoms with Gasteiger partial charge in [0, 0.05) is 0 Å². The van der Waals surface area contributed by atoms with Crippen molar-refractivity contribution >= 4 is 20.2 Å². The van der Waals surface area contributed by atoms with Crippen molar-refractivity contribution in [3.8, 4) is 0 Å². The summed E-state index contributed by atoms with van der Waals surface area (Å²) in [6, 6.07) is 0. The fourth-order valence-electron chi connectivity index (χ4n) is 3.62. The average Bonchev–Trinajstić information content (AvgIpc) is 2.61. The van der Waals surface area contributed by atoms with E-state index in [-0.39, 0.29) is 0 Å². The molecule has 0 heterocycles. The van der Waals surface area contributed by atoms with Crippen LogP contribution in [0.5, 0.6) is 0 Å². The van der Waals surface area contributed by atoms with Gasteiger partial charge in [-0.25, -0.2) is 0 Å². The topological polar surface area (TPSA) is 86.7 Å². The first-order chi connectivity index (χ1) is 11.2. The van der Waals surface area contributed by atoms with Crippen molar-refractivity contribution in [1.82, 2.24) is 0 Å². The Bertz CT molecular complexity index is 605. The second-order valence-corrected chi connectivity index (χ2v) is 10.4. The lowest BCUT2D eigenvalue weighted by Gasteiger charge is -2.34. The van der Waals surface area contributed by atoms with E-state index in [4.69, 9.17) is 0 Å². The number of hydrogen-bond acceptors (Lipinski definition) is 6. The third kappa shape index (κ3) is 3.47. The van der Waals surface area contributed by atoms with Crippen molar-refractivity contribution in [3.05, 3.63) is 25.3 Å². The van der Waals surface area contributed by atoms with Crippen LogP contribution in [0.2, 0.25) is 0 Å². The molecule has 2 aliphatic rings. The molecule has 0 aliphatic heterocycles. The maximum Gasteiger partial charge on any atom is 0.303 e. The van der Waals surface area contributed by atoms with Crippen LogP contribution in [0.1, 0.15) is 64.2 Å². The zero-order chi connectivity index (χ0) is 17.9. The Balaban J connectivity index is 2.18. The highest BCUT2D eigenvalue weighted by atomic mass is 32.2. The summed E-state index contributed by atoms with van der Waals surface area (Å²) in [4.78, 5) is 0. The van der Waals surface area contributed by atoms with Gasteiger partial charge in [0.25, 0.3) is 0 Å². The van der Waals surface area contributed by atoms with E-state index in [1.54, 1.807) is 0 Å². The van der Waals surface area contributed by atoms with E-state index >= 15 is 0 Å². The summed E-state index contributed by atoms with van der Waals surface area (Å²) < 4.78 is 56.8. The maximum absolute atomic E-state index is 12.6. The van der Waals surface area contributed by atoms with Gasteiger partial charge in [-0.15, -0.1) is 13.2 Å². The van der Waals surface area contributed by atoms with E-state index in [1.807, 2.05) is 0 Å². The molecule has 0 saturated heterocycles. The van der Waals surface area contributed by atoms with Gasteiger partial charge in [0.1, 0.15) is 9.49 Å². The molecular formula is C16H26O6S2. The molecule has 0 N–H and O–H groups in total. The molecule has 2 fully saturated rings. The zero-order valence-corrected chi connectivity index (χ0v) is 15.5. The molecule has 2 rings (SSSR count). The quantitative estimate of drug-likeness (QED) is 0.383. The highest BCUT2D eigenvalue weighted by Crippen LogP contribution is 2.40. The Labute approximate surface area is 145 Å². The van der Waals surface area contributed by atoms with E-state index in [0.29, 0.717) is 25.7 Å².